The van der Waals surface area contributed by atoms with Gasteiger partial charge in [0.15, 0.2) is 5.76 Å². The molecule has 1 unspecified atom stereocenters. The second kappa shape index (κ2) is 8.45. The van der Waals surface area contributed by atoms with E-state index in [1.54, 1.807) is 6.07 Å². The minimum atomic E-state index is -3.60. The van der Waals surface area contributed by atoms with Gasteiger partial charge in [-0.15, -0.1) is 5.10 Å². The van der Waals surface area contributed by atoms with Gasteiger partial charge in [0.1, 0.15) is 5.58 Å². The number of carbonyl (C=O) groups excluding carboxylic acids is 1. The van der Waals surface area contributed by atoms with Gasteiger partial charge in [-0.05, 0) is 56.2 Å². The minimum Gasteiger partial charge on any atom is -0.451 e. The van der Waals surface area contributed by atoms with Crippen molar-refractivity contribution in [3.63, 3.8) is 0 Å². The molecule has 0 radical (unpaired) electrons. The van der Waals surface area contributed by atoms with E-state index in [0.29, 0.717) is 17.9 Å². The van der Waals surface area contributed by atoms with Crippen LogP contribution in [0.4, 0.5) is 6.01 Å². The lowest BCUT2D eigenvalue weighted by atomic mass is 10.1. The largest absolute Gasteiger partial charge is 0.451 e. The first-order chi connectivity index (χ1) is 15.9. The Kier molecular flexibility index (Phi) is 5.47. The molecule has 9 nitrogen and oxygen atoms in total. The van der Waals surface area contributed by atoms with Gasteiger partial charge in [0.2, 0.25) is 10.0 Å². The van der Waals surface area contributed by atoms with Gasteiger partial charge in [0.25, 0.3) is 11.8 Å². The number of fused-ring (bicyclic) bond motifs is 1. The molecule has 2 aromatic carbocycles. The monoisotopic (exact) mass is 466 g/mol. The SMILES string of the molecule is CC1CCCCN1S(=O)(=O)c1ccc(C(=O)Nc2nnc(-c3cc4ccccc4o3)o2)cc1. The van der Waals surface area contributed by atoms with Gasteiger partial charge in [-0.25, -0.2) is 8.42 Å². The molecular formula is C23H22N4O5S. The summed E-state index contributed by atoms with van der Waals surface area (Å²) in [6.45, 7) is 2.43. The molecule has 1 fully saturated rings. The van der Waals surface area contributed by atoms with Crippen molar-refractivity contribution in [3.05, 3.63) is 60.2 Å². The number of carbonyl (C=O) groups is 1. The number of hydrogen-bond acceptors (Lipinski definition) is 7. The van der Waals surface area contributed by atoms with Crippen LogP contribution in [0.25, 0.3) is 22.6 Å². The van der Waals surface area contributed by atoms with E-state index in [1.807, 2.05) is 31.2 Å². The first-order valence-electron chi connectivity index (χ1n) is 10.7. The number of amides is 1. The van der Waals surface area contributed by atoms with Gasteiger partial charge in [0, 0.05) is 23.5 Å². The Morgan fingerprint density at radius 1 is 1.06 bits per heavy atom. The normalized spacial score (nSPS) is 17.3. The van der Waals surface area contributed by atoms with Crippen LogP contribution >= 0.6 is 0 Å². The van der Waals surface area contributed by atoms with E-state index >= 15 is 0 Å². The molecule has 1 aliphatic rings. The number of para-hydroxylation sites is 1. The molecule has 33 heavy (non-hydrogen) atoms. The molecule has 0 saturated carbocycles. The fourth-order valence-corrected chi connectivity index (χ4v) is 5.67. The number of hydrogen-bond donors (Lipinski definition) is 1. The Bertz CT molecular complexity index is 1380. The first kappa shape index (κ1) is 21.4. The highest BCUT2D eigenvalue weighted by atomic mass is 32.2. The molecule has 1 saturated heterocycles. The molecule has 1 atom stereocenters. The average Bonchev–Trinajstić information content (AvgIpc) is 3.46. The number of aromatic nitrogens is 2. The van der Waals surface area contributed by atoms with Gasteiger partial charge in [0.05, 0.1) is 4.90 Å². The summed E-state index contributed by atoms with van der Waals surface area (Å²) >= 11 is 0. The highest BCUT2D eigenvalue weighted by Crippen LogP contribution is 2.28. The Hall–Kier alpha value is -3.50. The lowest BCUT2D eigenvalue weighted by Gasteiger charge is -2.32. The lowest BCUT2D eigenvalue weighted by molar-refractivity contribution is 0.102. The molecule has 5 rings (SSSR count). The van der Waals surface area contributed by atoms with Crippen molar-refractivity contribution in [1.29, 1.82) is 0 Å². The highest BCUT2D eigenvalue weighted by molar-refractivity contribution is 7.89. The number of furan rings is 1. The third-order valence-electron chi connectivity index (χ3n) is 5.75. The molecular weight excluding hydrogens is 444 g/mol. The van der Waals surface area contributed by atoms with Crippen LogP contribution in [0.15, 0.2) is 68.3 Å². The molecule has 0 aliphatic carbocycles. The Morgan fingerprint density at radius 2 is 1.85 bits per heavy atom. The predicted octanol–water partition coefficient (Wildman–Crippen LogP) is 4.30. The van der Waals surface area contributed by atoms with E-state index in [4.69, 9.17) is 8.83 Å². The van der Waals surface area contributed by atoms with E-state index in [2.05, 4.69) is 15.5 Å². The van der Waals surface area contributed by atoms with Crippen LogP contribution in [0.1, 0.15) is 36.5 Å². The fraction of sp³-hybridized carbons (Fsp3) is 0.261. The molecule has 3 heterocycles. The van der Waals surface area contributed by atoms with Crippen molar-refractivity contribution in [2.45, 2.75) is 37.1 Å². The van der Waals surface area contributed by atoms with Crippen molar-refractivity contribution >= 4 is 32.9 Å². The maximum Gasteiger partial charge on any atom is 0.322 e. The summed E-state index contributed by atoms with van der Waals surface area (Å²) in [4.78, 5) is 12.8. The van der Waals surface area contributed by atoms with Gasteiger partial charge in [-0.2, -0.15) is 4.31 Å². The molecule has 1 amide bonds. The van der Waals surface area contributed by atoms with Gasteiger partial charge >= 0.3 is 6.01 Å². The predicted molar refractivity (Wildman–Crippen MR) is 121 cm³/mol. The summed E-state index contributed by atoms with van der Waals surface area (Å²) in [7, 11) is -3.60. The van der Waals surface area contributed by atoms with Crippen LogP contribution in [0, 0.1) is 0 Å². The second-order valence-corrected chi connectivity index (χ2v) is 9.89. The van der Waals surface area contributed by atoms with Crippen LogP contribution in [-0.4, -0.2) is 41.4 Å². The van der Waals surface area contributed by atoms with E-state index in [-0.39, 0.29) is 28.4 Å². The van der Waals surface area contributed by atoms with E-state index in [1.165, 1.54) is 28.6 Å². The lowest BCUT2D eigenvalue weighted by Crippen LogP contribution is -2.41. The molecule has 10 heteroatoms. The molecule has 1 N–H and O–H groups in total. The Morgan fingerprint density at radius 3 is 2.61 bits per heavy atom. The standard InChI is InChI=1S/C23H22N4O5S/c1-15-6-4-5-13-27(15)33(29,30)18-11-9-16(10-12-18)21(28)24-23-26-25-22(32-23)20-14-17-7-2-3-8-19(17)31-20/h2-3,7-12,14-15H,4-6,13H2,1H3,(H,24,26,28). The number of rotatable bonds is 5. The molecule has 2 aromatic heterocycles. The first-order valence-corrected chi connectivity index (χ1v) is 12.1. The molecule has 170 valence electrons. The number of nitrogens with zero attached hydrogens (tertiary/aromatic N) is 3. The third-order valence-corrected chi connectivity index (χ3v) is 7.77. The summed E-state index contributed by atoms with van der Waals surface area (Å²) in [5, 5.41) is 11.2. The van der Waals surface area contributed by atoms with E-state index in [0.717, 1.165) is 24.6 Å². The fourth-order valence-electron chi connectivity index (χ4n) is 3.97. The van der Waals surface area contributed by atoms with Crippen molar-refractivity contribution in [2.24, 2.45) is 0 Å². The number of piperidine rings is 1. The molecule has 4 aromatic rings. The van der Waals surface area contributed by atoms with Gasteiger partial charge in [-0.1, -0.05) is 29.7 Å². The van der Waals surface area contributed by atoms with Gasteiger partial charge < -0.3 is 8.83 Å². The van der Waals surface area contributed by atoms with Gasteiger partial charge in [-0.3, -0.25) is 10.1 Å². The quantitative estimate of drug-likeness (QED) is 0.466. The van der Waals surface area contributed by atoms with Crippen LogP contribution in [0.2, 0.25) is 0 Å². The van der Waals surface area contributed by atoms with Crippen LogP contribution < -0.4 is 5.32 Å². The summed E-state index contributed by atoms with van der Waals surface area (Å²) in [5.74, 6) is 0.0365. The number of sulfonamides is 1. The van der Waals surface area contributed by atoms with Crippen molar-refractivity contribution in [3.8, 4) is 11.7 Å². The zero-order valence-electron chi connectivity index (χ0n) is 17.9. The maximum atomic E-state index is 13.0. The van der Waals surface area contributed by atoms with Crippen molar-refractivity contribution < 1.29 is 22.0 Å². The topological polar surface area (TPSA) is 119 Å². The zero-order chi connectivity index (χ0) is 23.0. The maximum absolute atomic E-state index is 13.0. The summed E-state index contributed by atoms with van der Waals surface area (Å²) in [5.41, 5.74) is 0.953. The summed E-state index contributed by atoms with van der Waals surface area (Å²) in [6.07, 6.45) is 2.73. The Balaban J connectivity index is 1.29. The Labute approximate surface area is 190 Å². The average molecular weight is 467 g/mol. The van der Waals surface area contributed by atoms with Crippen LogP contribution in [0.5, 0.6) is 0 Å². The third kappa shape index (κ3) is 4.14. The molecule has 0 spiro atoms. The zero-order valence-corrected chi connectivity index (χ0v) is 18.7. The summed E-state index contributed by atoms with van der Waals surface area (Å²) < 4.78 is 38.6. The smallest absolute Gasteiger partial charge is 0.322 e. The van der Waals surface area contributed by atoms with E-state index in [9.17, 15) is 13.2 Å². The van der Waals surface area contributed by atoms with Crippen molar-refractivity contribution in [2.75, 3.05) is 11.9 Å². The highest BCUT2D eigenvalue weighted by Gasteiger charge is 2.31. The summed E-state index contributed by atoms with van der Waals surface area (Å²) in [6, 6.07) is 14.9. The van der Waals surface area contributed by atoms with Crippen molar-refractivity contribution in [1.82, 2.24) is 14.5 Å². The van der Waals surface area contributed by atoms with E-state index < -0.39 is 15.9 Å². The number of anilines is 1. The molecule has 1 aliphatic heterocycles. The molecule has 0 bridgehead atoms. The van der Waals surface area contributed by atoms with Crippen LogP contribution in [-0.2, 0) is 10.0 Å². The number of benzene rings is 2. The second-order valence-electron chi connectivity index (χ2n) is 8.00. The van der Waals surface area contributed by atoms with Crippen LogP contribution in [0.3, 0.4) is 0 Å². The minimum absolute atomic E-state index is 0.0369. The number of nitrogens with one attached hydrogen (secondary N) is 1.